The number of carbonyl (C=O) groups excluding carboxylic acids is 1. The van der Waals surface area contributed by atoms with Crippen molar-refractivity contribution in [1.29, 1.82) is 0 Å². The maximum absolute atomic E-state index is 12.0. The third-order valence-electron chi connectivity index (χ3n) is 3.69. The van der Waals surface area contributed by atoms with Gasteiger partial charge in [0.2, 0.25) is 5.13 Å². The Morgan fingerprint density at radius 2 is 2.13 bits per heavy atom. The Morgan fingerprint density at radius 3 is 2.70 bits per heavy atom. The van der Waals surface area contributed by atoms with E-state index in [1.165, 1.54) is 17.5 Å². The van der Waals surface area contributed by atoms with Crippen molar-refractivity contribution in [1.82, 2.24) is 15.2 Å². The zero-order valence-electron chi connectivity index (χ0n) is 13.2. The average molecular weight is 335 g/mol. The monoisotopic (exact) mass is 335 g/mol. The molecule has 23 heavy (non-hydrogen) atoms. The van der Waals surface area contributed by atoms with Crippen LogP contribution in [0.1, 0.15) is 37.0 Å². The fourth-order valence-electron chi connectivity index (χ4n) is 2.24. The van der Waals surface area contributed by atoms with Crippen LogP contribution in [0.2, 0.25) is 0 Å². The van der Waals surface area contributed by atoms with E-state index >= 15 is 0 Å². The molecule has 2 aromatic rings. The van der Waals surface area contributed by atoms with Gasteiger partial charge in [0.05, 0.1) is 11.7 Å². The van der Waals surface area contributed by atoms with Gasteiger partial charge in [-0.05, 0) is 18.1 Å². The second-order valence-corrected chi connectivity index (χ2v) is 5.99. The summed E-state index contributed by atoms with van der Waals surface area (Å²) in [6, 6.07) is 3.39. The lowest BCUT2D eigenvalue weighted by Gasteiger charge is -2.20. The molecule has 1 atom stereocenters. The van der Waals surface area contributed by atoms with Crippen molar-refractivity contribution >= 4 is 28.2 Å². The third-order valence-corrected chi connectivity index (χ3v) is 4.30. The third kappa shape index (κ3) is 4.97. The Morgan fingerprint density at radius 1 is 1.35 bits per heavy atom. The molecule has 0 fully saturated rings. The van der Waals surface area contributed by atoms with Crippen LogP contribution in [0.25, 0.3) is 0 Å². The van der Waals surface area contributed by atoms with Gasteiger partial charge in [0.1, 0.15) is 11.3 Å². The van der Waals surface area contributed by atoms with E-state index in [0.717, 1.165) is 12.8 Å². The number of aliphatic hydroxyl groups is 1. The zero-order chi connectivity index (χ0) is 16.7. The first kappa shape index (κ1) is 17.3. The highest BCUT2D eigenvalue weighted by Gasteiger charge is 2.15. The maximum Gasteiger partial charge on any atom is 0.259 e. The Balaban J connectivity index is 1.88. The van der Waals surface area contributed by atoms with Crippen molar-refractivity contribution in [2.45, 2.75) is 32.8 Å². The molecule has 0 radical (unpaired) electrons. The predicted octanol–water partition coefficient (Wildman–Crippen LogP) is 2.39. The number of aromatic nitrogens is 3. The summed E-state index contributed by atoms with van der Waals surface area (Å²) < 4.78 is 0. The van der Waals surface area contributed by atoms with E-state index < -0.39 is 6.10 Å². The standard InChI is InChI=1S/C15H21N5O2S/c1-3-10(4-2)12(21)8-17-13-6-5-11(7-16-13)14(22)19-15-20-18-9-23-15/h5-7,9-10,12,21H,3-4,8H2,1-2H3,(H,16,17)(H,19,20,22). The Kier molecular flexibility index (Phi) is 6.42. The first-order valence-corrected chi connectivity index (χ1v) is 8.47. The molecule has 0 saturated carbocycles. The van der Waals surface area contributed by atoms with Crippen molar-refractivity contribution in [3.63, 3.8) is 0 Å². The van der Waals surface area contributed by atoms with E-state index in [2.05, 4.69) is 39.7 Å². The molecule has 124 valence electrons. The molecule has 0 spiro atoms. The summed E-state index contributed by atoms with van der Waals surface area (Å²) in [4.78, 5) is 16.2. The molecule has 0 aliphatic heterocycles. The quantitative estimate of drug-likeness (QED) is 0.685. The first-order chi connectivity index (χ1) is 11.1. The van der Waals surface area contributed by atoms with Crippen LogP contribution in [-0.2, 0) is 0 Å². The molecule has 2 heterocycles. The number of hydrogen-bond donors (Lipinski definition) is 3. The lowest BCUT2D eigenvalue weighted by Crippen LogP contribution is -2.28. The van der Waals surface area contributed by atoms with Gasteiger partial charge in [0, 0.05) is 12.7 Å². The fraction of sp³-hybridized carbons (Fsp3) is 0.467. The lowest BCUT2D eigenvalue weighted by atomic mass is 9.96. The summed E-state index contributed by atoms with van der Waals surface area (Å²) in [5, 5.41) is 23.7. The van der Waals surface area contributed by atoms with Gasteiger partial charge < -0.3 is 10.4 Å². The van der Waals surface area contributed by atoms with Gasteiger partial charge in [-0.25, -0.2) is 4.98 Å². The summed E-state index contributed by atoms with van der Waals surface area (Å²) in [7, 11) is 0. The average Bonchev–Trinajstić information content (AvgIpc) is 3.07. The normalized spacial score (nSPS) is 12.2. The molecule has 2 rings (SSSR count). The summed E-state index contributed by atoms with van der Waals surface area (Å²) in [5.41, 5.74) is 1.98. The molecule has 0 saturated heterocycles. The number of hydrogen-bond acceptors (Lipinski definition) is 7. The SMILES string of the molecule is CCC(CC)C(O)CNc1ccc(C(=O)Nc2nncs2)cn1. The molecule has 0 aliphatic rings. The zero-order valence-corrected chi connectivity index (χ0v) is 14.0. The highest BCUT2D eigenvalue weighted by molar-refractivity contribution is 7.13. The van der Waals surface area contributed by atoms with Crippen molar-refractivity contribution < 1.29 is 9.90 Å². The van der Waals surface area contributed by atoms with Crippen LogP contribution in [0.4, 0.5) is 10.9 Å². The highest BCUT2D eigenvalue weighted by Crippen LogP contribution is 2.15. The number of pyridine rings is 1. The van der Waals surface area contributed by atoms with Crippen LogP contribution in [0.5, 0.6) is 0 Å². The molecule has 2 aromatic heterocycles. The van der Waals surface area contributed by atoms with Crippen LogP contribution in [0.3, 0.4) is 0 Å². The second kappa shape index (κ2) is 8.54. The van der Waals surface area contributed by atoms with E-state index in [-0.39, 0.29) is 11.8 Å². The molecule has 0 aromatic carbocycles. The maximum atomic E-state index is 12.0. The summed E-state index contributed by atoms with van der Waals surface area (Å²) >= 11 is 1.25. The Bertz CT molecular complexity index is 599. The van der Waals surface area contributed by atoms with E-state index in [1.807, 2.05) is 0 Å². The molecule has 3 N–H and O–H groups in total. The van der Waals surface area contributed by atoms with Gasteiger partial charge >= 0.3 is 0 Å². The number of anilines is 2. The lowest BCUT2D eigenvalue weighted by molar-refractivity contribution is 0.102. The smallest absolute Gasteiger partial charge is 0.259 e. The summed E-state index contributed by atoms with van der Waals surface area (Å²) in [5.74, 6) is 0.625. The van der Waals surface area contributed by atoms with Crippen molar-refractivity contribution in [3.8, 4) is 0 Å². The fourth-order valence-corrected chi connectivity index (χ4v) is 2.68. The first-order valence-electron chi connectivity index (χ1n) is 7.59. The topological polar surface area (TPSA) is 100 Å². The Labute approximate surface area is 139 Å². The number of rotatable bonds is 8. The minimum Gasteiger partial charge on any atom is -0.391 e. The van der Waals surface area contributed by atoms with E-state index in [4.69, 9.17) is 0 Å². The van der Waals surface area contributed by atoms with Crippen LogP contribution in [-0.4, -0.2) is 38.8 Å². The molecule has 1 unspecified atom stereocenters. The van der Waals surface area contributed by atoms with Crippen molar-refractivity contribution in [3.05, 3.63) is 29.4 Å². The van der Waals surface area contributed by atoms with Gasteiger partial charge in [-0.15, -0.1) is 10.2 Å². The van der Waals surface area contributed by atoms with Gasteiger partial charge in [0.25, 0.3) is 5.91 Å². The number of carbonyl (C=O) groups is 1. The molecule has 7 nitrogen and oxygen atoms in total. The van der Waals surface area contributed by atoms with E-state index in [1.54, 1.807) is 17.6 Å². The van der Waals surface area contributed by atoms with Gasteiger partial charge in [-0.3, -0.25) is 10.1 Å². The van der Waals surface area contributed by atoms with Crippen LogP contribution >= 0.6 is 11.3 Å². The van der Waals surface area contributed by atoms with Gasteiger partial charge in [0.15, 0.2) is 0 Å². The minimum absolute atomic E-state index is 0.277. The van der Waals surface area contributed by atoms with Gasteiger partial charge in [-0.2, -0.15) is 0 Å². The van der Waals surface area contributed by atoms with Crippen molar-refractivity contribution in [2.24, 2.45) is 5.92 Å². The van der Waals surface area contributed by atoms with E-state index in [9.17, 15) is 9.90 Å². The van der Waals surface area contributed by atoms with Crippen LogP contribution in [0, 0.1) is 5.92 Å². The van der Waals surface area contributed by atoms with Crippen LogP contribution in [0.15, 0.2) is 23.8 Å². The van der Waals surface area contributed by atoms with Crippen LogP contribution < -0.4 is 10.6 Å². The largest absolute Gasteiger partial charge is 0.391 e. The number of amides is 1. The number of nitrogens with one attached hydrogen (secondary N) is 2. The minimum atomic E-state index is -0.410. The molecule has 1 amide bonds. The molecule has 0 bridgehead atoms. The van der Waals surface area contributed by atoms with Crippen molar-refractivity contribution in [2.75, 3.05) is 17.2 Å². The van der Waals surface area contributed by atoms with E-state index in [0.29, 0.717) is 23.1 Å². The second-order valence-electron chi connectivity index (χ2n) is 5.15. The molecular formula is C15H21N5O2S. The summed E-state index contributed by atoms with van der Waals surface area (Å²) in [6.07, 6.45) is 2.96. The number of nitrogens with zero attached hydrogens (tertiary/aromatic N) is 3. The van der Waals surface area contributed by atoms with Gasteiger partial charge in [-0.1, -0.05) is 38.0 Å². The highest BCUT2D eigenvalue weighted by atomic mass is 32.1. The predicted molar refractivity (Wildman–Crippen MR) is 90.7 cm³/mol. The molecule has 0 aliphatic carbocycles. The molecule has 8 heteroatoms. The summed E-state index contributed by atoms with van der Waals surface area (Å²) in [6.45, 7) is 4.58. The Hall–Kier alpha value is -2.06. The number of aliphatic hydroxyl groups excluding tert-OH is 1. The molecular weight excluding hydrogens is 314 g/mol.